The lowest BCUT2D eigenvalue weighted by Gasteiger charge is -2.24. The number of rotatable bonds is 2. The summed E-state index contributed by atoms with van der Waals surface area (Å²) in [5.74, 6) is 0. The first-order valence-electron chi connectivity index (χ1n) is 4.00. The van der Waals surface area contributed by atoms with Gasteiger partial charge in [-0.05, 0) is 25.3 Å². The number of hydrogen-bond donors (Lipinski definition) is 0. The molecule has 3 nitrogen and oxygen atoms in total. The summed E-state index contributed by atoms with van der Waals surface area (Å²) in [6, 6.07) is 2.03. The van der Waals surface area contributed by atoms with E-state index in [-0.39, 0.29) is 0 Å². The maximum atomic E-state index is 5.66. The molecule has 1 aromatic heterocycles. The van der Waals surface area contributed by atoms with Gasteiger partial charge in [0, 0.05) is 6.20 Å². The first-order chi connectivity index (χ1) is 5.84. The molecule has 12 heavy (non-hydrogen) atoms. The normalized spacial score (nSPS) is 17.1. The van der Waals surface area contributed by atoms with Gasteiger partial charge >= 0.3 is 6.01 Å². The number of aromatic nitrogens is 2. The monoisotopic (exact) mass is 184 g/mol. The lowest BCUT2D eigenvalue weighted by molar-refractivity contribution is 0.108. The zero-order valence-electron chi connectivity index (χ0n) is 6.53. The second-order valence-corrected chi connectivity index (χ2v) is 3.22. The maximum Gasteiger partial charge on any atom is 0.318 e. The fraction of sp³-hybridized carbons (Fsp3) is 0.500. The third-order valence-corrected chi connectivity index (χ3v) is 2.13. The predicted molar refractivity (Wildman–Crippen MR) is 45.3 cm³/mol. The molecule has 0 amide bonds. The fourth-order valence-corrected chi connectivity index (χ4v) is 1.14. The van der Waals surface area contributed by atoms with Crippen molar-refractivity contribution in [2.45, 2.75) is 25.4 Å². The quantitative estimate of drug-likeness (QED) is 0.660. The van der Waals surface area contributed by atoms with E-state index in [1.165, 1.54) is 6.42 Å². The smallest absolute Gasteiger partial charge is 0.318 e. The van der Waals surface area contributed by atoms with Gasteiger partial charge in [-0.3, -0.25) is 0 Å². The van der Waals surface area contributed by atoms with Crippen LogP contribution in [0.15, 0.2) is 12.3 Å². The Morgan fingerprint density at radius 1 is 1.50 bits per heavy atom. The first kappa shape index (κ1) is 7.80. The van der Waals surface area contributed by atoms with Crippen LogP contribution in [-0.2, 0) is 0 Å². The van der Waals surface area contributed by atoms with Crippen LogP contribution in [0.4, 0.5) is 0 Å². The van der Waals surface area contributed by atoms with Gasteiger partial charge in [0.05, 0.1) is 0 Å². The standard InChI is InChI=1S/C8H9ClN2O/c9-7-4-5-10-8(11-7)12-6-2-1-3-6/h4-6H,1-3H2. The van der Waals surface area contributed by atoms with Gasteiger partial charge in [-0.15, -0.1) is 0 Å². The lowest BCUT2D eigenvalue weighted by Crippen LogP contribution is -2.25. The van der Waals surface area contributed by atoms with E-state index in [2.05, 4.69) is 9.97 Å². The van der Waals surface area contributed by atoms with Gasteiger partial charge in [-0.25, -0.2) is 4.98 Å². The average molecular weight is 185 g/mol. The lowest BCUT2D eigenvalue weighted by atomic mass is 9.96. The summed E-state index contributed by atoms with van der Waals surface area (Å²) in [5, 5.41) is 0.430. The molecule has 1 aromatic rings. The fourth-order valence-electron chi connectivity index (χ4n) is 1.01. The Kier molecular flexibility index (Phi) is 2.13. The molecular weight excluding hydrogens is 176 g/mol. The first-order valence-corrected chi connectivity index (χ1v) is 4.37. The topological polar surface area (TPSA) is 35.0 Å². The van der Waals surface area contributed by atoms with Crippen LogP contribution in [0.25, 0.3) is 0 Å². The van der Waals surface area contributed by atoms with Gasteiger partial charge in [0.2, 0.25) is 0 Å². The van der Waals surface area contributed by atoms with E-state index in [4.69, 9.17) is 16.3 Å². The Morgan fingerprint density at radius 3 is 2.92 bits per heavy atom. The average Bonchev–Trinajstić information content (AvgIpc) is 1.97. The molecule has 1 aliphatic carbocycles. The molecule has 0 N–H and O–H groups in total. The summed E-state index contributed by atoms with van der Waals surface area (Å²) < 4.78 is 5.42. The summed E-state index contributed by atoms with van der Waals surface area (Å²) in [6.07, 6.45) is 5.36. The third kappa shape index (κ3) is 1.67. The molecule has 0 aliphatic heterocycles. The summed E-state index contributed by atoms with van der Waals surface area (Å²) >= 11 is 5.66. The van der Waals surface area contributed by atoms with Gasteiger partial charge in [-0.1, -0.05) is 11.6 Å². The van der Waals surface area contributed by atoms with Crippen LogP contribution in [0.1, 0.15) is 19.3 Å². The molecule has 0 aromatic carbocycles. The predicted octanol–water partition coefficient (Wildman–Crippen LogP) is 2.06. The van der Waals surface area contributed by atoms with E-state index in [9.17, 15) is 0 Å². The molecule has 4 heteroatoms. The van der Waals surface area contributed by atoms with Crippen molar-refractivity contribution >= 4 is 11.6 Å². The van der Waals surface area contributed by atoms with Gasteiger partial charge in [-0.2, -0.15) is 4.98 Å². The van der Waals surface area contributed by atoms with E-state index in [0.717, 1.165) is 12.8 Å². The largest absolute Gasteiger partial charge is 0.460 e. The third-order valence-electron chi connectivity index (χ3n) is 1.92. The van der Waals surface area contributed by atoms with Crippen LogP contribution in [0.3, 0.4) is 0 Å². The van der Waals surface area contributed by atoms with Crippen LogP contribution < -0.4 is 4.74 Å². The molecule has 2 rings (SSSR count). The number of hydrogen-bond acceptors (Lipinski definition) is 3. The summed E-state index contributed by atoms with van der Waals surface area (Å²) in [7, 11) is 0. The van der Waals surface area contributed by atoms with Crippen LogP contribution in [0.5, 0.6) is 6.01 Å². The van der Waals surface area contributed by atoms with Crippen LogP contribution in [0, 0.1) is 0 Å². The number of ether oxygens (including phenoxy) is 1. The van der Waals surface area contributed by atoms with Crippen molar-refractivity contribution in [3.8, 4) is 6.01 Å². The van der Waals surface area contributed by atoms with Gasteiger partial charge < -0.3 is 4.74 Å². The maximum absolute atomic E-state index is 5.66. The van der Waals surface area contributed by atoms with Crippen LogP contribution >= 0.6 is 11.6 Å². The van der Waals surface area contributed by atoms with E-state index in [1.807, 2.05) is 0 Å². The summed E-state index contributed by atoms with van der Waals surface area (Å²) in [4.78, 5) is 7.87. The molecular formula is C8H9ClN2O. The second kappa shape index (κ2) is 3.27. The highest BCUT2D eigenvalue weighted by Gasteiger charge is 2.19. The SMILES string of the molecule is Clc1ccnc(OC2CCC2)n1. The van der Waals surface area contributed by atoms with E-state index >= 15 is 0 Å². The second-order valence-electron chi connectivity index (χ2n) is 2.83. The zero-order valence-corrected chi connectivity index (χ0v) is 7.29. The van der Waals surface area contributed by atoms with Gasteiger partial charge in [0.1, 0.15) is 11.3 Å². The van der Waals surface area contributed by atoms with Crippen molar-refractivity contribution < 1.29 is 4.74 Å². The molecule has 0 unspecified atom stereocenters. The van der Waals surface area contributed by atoms with Crippen molar-refractivity contribution in [3.63, 3.8) is 0 Å². The van der Waals surface area contributed by atoms with E-state index in [0.29, 0.717) is 17.3 Å². The van der Waals surface area contributed by atoms with Crippen molar-refractivity contribution in [2.75, 3.05) is 0 Å². The van der Waals surface area contributed by atoms with Gasteiger partial charge in [0.15, 0.2) is 0 Å². The Bertz CT molecular complexity index is 276. The van der Waals surface area contributed by atoms with Crippen molar-refractivity contribution in [1.29, 1.82) is 0 Å². The Hall–Kier alpha value is -0.830. The molecule has 0 spiro atoms. The minimum absolute atomic E-state index is 0.309. The molecule has 64 valence electrons. The molecule has 1 aliphatic rings. The Morgan fingerprint density at radius 2 is 2.33 bits per heavy atom. The molecule has 0 bridgehead atoms. The van der Waals surface area contributed by atoms with E-state index < -0.39 is 0 Å². The van der Waals surface area contributed by atoms with Crippen LogP contribution in [0.2, 0.25) is 5.15 Å². The highest BCUT2D eigenvalue weighted by Crippen LogP contribution is 2.23. The molecule has 1 saturated carbocycles. The molecule has 0 atom stereocenters. The Labute approximate surface area is 75.7 Å². The Balaban J connectivity index is 2.02. The highest BCUT2D eigenvalue weighted by molar-refractivity contribution is 6.29. The summed E-state index contributed by atoms with van der Waals surface area (Å²) in [6.45, 7) is 0. The minimum atomic E-state index is 0.309. The molecule has 0 saturated heterocycles. The van der Waals surface area contributed by atoms with Gasteiger partial charge in [0.25, 0.3) is 0 Å². The summed E-state index contributed by atoms with van der Waals surface area (Å²) in [5.41, 5.74) is 0. The molecule has 1 heterocycles. The highest BCUT2D eigenvalue weighted by atomic mass is 35.5. The van der Waals surface area contributed by atoms with Crippen molar-refractivity contribution in [2.24, 2.45) is 0 Å². The van der Waals surface area contributed by atoms with Crippen LogP contribution in [-0.4, -0.2) is 16.1 Å². The number of halogens is 1. The minimum Gasteiger partial charge on any atom is -0.460 e. The van der Waals surface area contributed by atoms with E-state index in [1.54, 1.807) is 12.3 Å². The zero-order chi connectivity index (χ0) is 8.39. The number of nitrogens with zero attached hydrogens (tertiary/aromatic N) is 2. The van der Waals surface area contributed by atoms with Crippen molar-refractivity contribution in [3.05, 3.63) is 17.4 Å². The van der Waals surface area contributed by atoms with Crippen molar-refractivity contribution in [1.82, 2.24) is 9.97 Å². The molecule has 0 radical (unpaired) electrons. The molecule has 1 fully saturated rings.